The van der Waals surface area contributed by atoms with Gasteiger partial charge in [0.25, 0.3) is 0 Å². The van der Waals surface area contributed by atoms with Crippen molar-refractivity contribution in [1.82, 2.24) is 19.7 Å². The molecule has 0 aliphatic heterocycles. The summed E-state index contributed by atoms with van der Waals surface area (Å²) in [5.41, 5.74) is 4.11. The van der Waals surface area contributed by atoms with E-state index in [1.165, 1.54) is 0 Å². The minimum atomic E-state index is 0.710. The lowest BCUT2D eigenvalue weighted by atomic mass is 10.1. The smallest absolute Gasteiger partial charge is 0.209 e. The predicted molar refractivity (Wildman–Crippen MR) is 91.2 cm³/mol. The summed E-state index contributed by atoms with van der Waals surface area (Å²) in [7, 11) is 1.69. The summed E-state index contributed by atoms with van der Waals surface area (Å²) in [5.74, 6) is 1.61. The van der Waals surface area contributed by atoms with Gasteiger partial charge in [0, 0.05) is 23.1 Å². The maximum atomic E-state index is 5.45. The van der Waals surface area contributed by atoms with E-state index in [4.69, 9.17) is 4.74 Å². The SMILES string of the molecule is COc1c(C)cnc(CSc2ncn(-c3ccccc3)n2)c1C. The number of hydrogen-bond donors (Lipinski definition) is 0. The molecule has 0 spiro atoms. The van der Waals surface area contributed by atoms with Crippen LogP contribution < -0.4 is 4.74 Å². The first-order valence-electron chi connectivity index (χ1n) is 7.28. The number of pyridine rings is 1. The minimum absolute atomic E-state index is 0.710. The van der Waals surface area contributed by atoms with Gasteiger partial charge in [-0.15, -0.1) is 5.10 Å². The zero-order valence-electron chi connectivity index (χ0n) is 13.4. The number of methoxy groups -OCH3 is 1. The van der Waals surface area contributed by atoms with E-state index in [1.807, 2.05) is 50.4 Å². The zero-order chi connectivity index (χ0) is 16.2. The van der Waals surface area contributed by atoms with Gasteiger partial charge in [-0.1, -0.05) is 30.0 Å². The van der Waals surface area contributed by atoms with Gasteiger partial charge < -0.3 is 4.74 Å². The molecule has 0 atom stereocenters. The molecule has 2 aromatic heterocycles. The number of ether oxygens (including phenoxy) is 1. The van der Waals surface area contributed by atoms with Gasteiger partial charge in [0.1, 0.15) is 12.1 Å². The Morgan fingerprint density at radius 2 is 1.91 bits per heavy atom. The Morgan fingerprint density at radius 1 is 1.13 bits per heavy atom. The van der Waals surface area contributed by atoms with Gasteiger partial charge in [-0.25, -0.2) is 9.67 Å². The van der Waals surface area contributed by atoms with Crippen LogP contribution in [0.4, 0.5) is 0 Å². The van der Waals surface area contributed by atoms with Gasteiger partial charge in [-0.05, 0) is 26.0 Å². The Hall–Kier alpha value is -2.34. The lowest BCUT2D eigenvalue weighted by Crippen LogP contribution is -1.99. The van der Waals surface area contributed by atoms with Gasteiger partial charge in [-0.3, -0.25) is 4.98 Å². The maximum Gasteiger partial charge on any atom is 0.209 e. The van der Waals surface area contributed by atoms with Crippen molar-refractivity contribution in [2.45, 2.75) is 24.8 Å². The van der Waals surface area contributed by atoms with Crippen LogP contribution >= 0.6 is 11.8 Å². The summed E-state index contributed by atoms with van der Waals surface area (Å²) in [6.45, 7) is 4.03. The molecule has 0 aliphatic carbocycles. The lowest BCUT2D eigenvalue weighted by molar-refractivity contribution is 0.407. The van der Waals surface area contributed by atoms with Crippen molar-refractivity contribution in [2.24, 2.45) is 0 Å². The summed E-state index contributed by atoms with van der Waals surface area (Å²) >= 11 is 1.57. The summed E-state index contributed by atoms with van der Waals surface area (Å²) in [6, 6.07) is 9.94. The van der Waals surface area contributed by atoms with Crippen molar-refractivity contribution in [3.63, 3.8) is 0 Å². The summed E-state index contributed by atoms with van der Waals surface area (Å²) < 4.78 is 7.22. The first kappa shape index (κ1) is 15.6. The maximum absolute atomic E-state index is 5.45. The highest BCUT2D eigenvalue weighted by Gasteiger charge is 2.11. The second kappa shape index (κ2) is 6.83. The van der Waals surface area contributed by atoms with Crippen molar-refractivity contribution in [1.29, 1.82) is 0 Å². The monoisotopic (exact) mass is 326 g/mol. The normalized spacial score (nSPS) is 10.7. The van der Waals surface area contributed by atoms with Crippen molar-refractivity contribution in [3.05, 3.63) is 59.7 Å². The van der Waals surface area contributed by atoms with Crippen LogP contribution in [0.25, 0.3) is 5.69 Å². The summed E-state index contributed by atoms with van der Waals surface area (Å²) in [5, 5.41) is 5.23. The molecule has 0 saturated carbocycles. The lowest BCUT2D eigenvalue weighted by Gasteiger charge is -2.11. The van der Waals surface area contributed by atoms with E-state index in [2.05, 4.69) is 15.1 Å². The highest BCUT2D eigenvalue weighted by atomic mass is 32.2. The van der Waals surface area contributed by atoms with Crippen molar-refractivity contribution in [3.8, 4) is 11.4 Å². The van der Waals surface area contributed by atoms with Gasteiger partial charge in [0.2, 0.25) is 5.16 Å². The van der Waals surface area contributed by atoms with Crippen LogP contribution in [0.15, 0.2) is 48.0 Å². The Labute approximate surface area is 139 Å². The standard InChI is InChI=1S/C17H18N4OS/c1-12-9-18-15(13(2)16(12)22-3)10-23-17-19-11-21(20-17)14-7-5-4-6-8-14/h4-9,11H,10H2,1-3H3. The molecule has 3 aromatic rings. The van der Waals surface area contributed by atoms with Crippen molar-refractivity contribution >= 4 is 11.8 Å². The van der Waals surface area contributed by atoms with E-state index in [-0.39, 0.29) is 0 Å². The molecule has 0 saturated heterocycles. The molecule has 23 heavy (non-hydrogen) atoms. The molecule has 0 aliphatic rings. The third-order valence-electron chi connectivity index (χ3n) is 3.58. The topological polar surface area (TPSA) is 52.8 Å². The molecule has 6 heteroatoms. The Bertz CT molecular complexity index is 802. The average Bonchev–Trinajstić information content (AvgIpc) is 3.04. The molecule has 0 N–H and O–H groups in total. The summed E-state index contributed by atoms with van der Waals surface area (Å²) in [6.07, 6.45) is 3.57. The highest BCUT2D eigenvalue weighted by molar-refractivity contribution is 7.98. The largest absolute Gasteiger partial charge is 0.496 e. The van der Waals surface area contributed by atoms with Crippen LogP contribution in [0.2, 0.25) is 0 Å². The number of para-hydroxylation sites is 1. The van der Waals surface area contributed by atoms with Crippen LogP contribution in [0.3, 0.4) is 0 Å². The first-order chi connectivity index (χ1) is 11.2. The number of rotatable bonds is 5. The van der Waals surface area contributed by atoms with Gasteiger partial charge in [0.15, 0.2) is 0 Å². The number of hydrogen-bond acceptors (Lipinski definition) is 5. The fraction of sp³-hybridized carbons (Fsp3) is 0.235. The van der Waals surface area contributed by atoms with Crippen LogP contribution in [-0.2, 0) is 5.75 Å². The van der Waals surface area contributed by atoms with Crippen LogP contribution in [-0.4, -0.2) is 26.9 Å². The molecule has 118 valence electrons. The molecular formula is C17H18N4OS. The van der Waals surface area contributed by atoms with E-state index in [1.54, 1.807) is 29.9 Å². The zero-order valence-corrected chi connectivity index (χ0v) is 14.2. The fourth-order valence-electron chi connectivity index (χ4n) is 2.37. The van der Waals surface area contributed by atoms with Crippen molar-refractivity contribution in [2.75, 3.05) is 7.11 Å². The quantitative estimate of drug-likeness (QED) is 0.671. The van der Waals surface area contributed by atoms with Crippen LogP contribution in [0.1, 0.15) is 16.8 Å². The molecule has 5 nitrogen and oxygen atoms in total. The Balaban J connectivity index is 1.74. The molecule has 0 fully saturated rings. The number of aromatic nitrogens is 4. The molecule has 0 bridgehead atoms. The predicted octanol–water partition coefficient (Wildman–Crippen LogP) is 3.58. The fourth-order valence-corrected chi connectivity index (χ4v) is 3.19. The number of benzene rings is 1. The molecular weight excluding hydrogens is 308 g/mol. The minimum Gasteiger partial charge on any atom is -0.496 e. The third kappa shape index (κ3) is 3.37. The molecule has 1 aromatic carbocycles. The second-order valence-corrected chi connectivity index (χ2v) is 6.08. The van der Waals surface area contributed by atoms with Gasteiger partial charge >= 0.3 is 0 Å². The van der Waals surface area contributed by atoms with E-state index >= 15 is 0 Å². The summed E-state index contributed by atoms with van der Waals surface area (Å²) in [4.78, 5) is 8.86. The molecule has 0 radical (unpaired) electrons. The number of nitrogens with zero attached hydrogens (tertiary/aromatic N) is 4. The molecule has 0 unspecified atom stereocenters. The van der Waals surface area contributed by atoms with Crippen molar-refractivity contribution < 1.29 is 4.74 Å². The molecule has 3 rings (SSSR count). The Morgan fingerprint density at radius 3 is 2.65 bits per heavy atom. The Kier molecular flexibility index (Phi) is 4.62. The van der Waals surface area contributed by atoms with E-state index in [9.17, 15) is 0 Å². The van der Waals surface area contributed by atoms with Gasteiger partial charge in [0.05, 0.1) is 18.5 Å². The third-order valence-corrected chi connectivity index (χ3v) is 4.44. The van der Waals surface area contributed by atoms with Crippen LogP contribution in [0, 0.1) is 13.8 Å². The average molecular weight is 326 g/mol. The molecule has 2 heterocycles. The van der Waals surface area contributed by atoms with E-state index < -0.39 is 0 Å². The van der Waals surface area contributed by atoms with E-state index in [0.29, 0.717) is 5.75 Å². The van der Waals surface area contributed by atoms with E-state index in [0.717, 1.165) is 33.4 Å². The van der Waals surface area contributed by atoms with Crippen LogP contribution in [0.5, 0.6) is 5.75 Å². The van der Waals surface area contributed by atoms with Gasteiger partial charge in [-0.2, -0.15) is 0 Å². The number of thioether (sulfide) groups is 1. The number of aryl methyl sites for hydroxylation is 1. The first-order valence-corrected chi connectivity index (χ1v) is 8.26. The molecule has 0 amide bonds. The second-order valence-electron chi connectivity index (χ2n) is 5.14. The highest BCUT2D eigenvalue weighted by Crippen LogP contribution is 2.28.